The molecule has 60 heavy (non-hydrogen) atoms. The van der Waals surface area contributed by atoms with Crippen molar-refractivity contribution in [1.29, 1.82) is 0 Å². The highest BCUT2D eigenvalue weighted by molar-refractivity contribution is 6.23. The molecule has 312 valence electrons. The Bertz CT molecular complexity index is 2270. The molecule has 0 radical (unpaired) electrons. The molecule has 1 spiro atoms. The van der Waals surface area contributed by atoms with Crippen molar-refractivity contribution in [2.24, 2.45) is 5.41 Å². The van der Waals surface area contributed by atoms with Crippen molar-refractivity contribution in [2.75, 3.05) is 86.7 Å². The summed E-state index contributed by atoms with van der Waals surface area (Å²) in [6, 6.07) is 14.0. The first-order valence-electron chi connectivity index (χ1n) is 21.2. The number of likely N-dealkylation sites (tertiary alicyclic amines) is 1. The fourth-order valence-electron chi connectivity index (χ4n) is 10.1. The molecule has 0 aliphatic carbocycles. The highest BCUT2D eigenvalue weighted by Gasteiger charge is 2.46. The Labute approximate surface area is 349 Å². The van der Waals surface area contributed by atoms with E-state index in [1.54, 1.807) is 24.4 Å². The van der Waals surface area contributed by atoms with Gasteiger partial charge in [-0.25, -0.2) is 4.39 Å². The molecule has 0 bridgehead atoms. The third-order valence-electron chi connectivity index (χ3n) is 13.9. The number of pyridine rings is 1. The Morgan fingerprint density at radius 1 is 0.800 bits per heavy atom. The molecule has 5 saturated heterocycles. The number of aryl methyl sites for hydroxylation is 1. The van der Waals surface area contributed by atoms with Crippen LogP contribution in [-0.4, -0.2) is 133 Å². The largest absolute Gasteiger partial charge is 0.371 e. The van der Waals surface area contributed by atoms with E-state index in [1.807, 2.05) is 41.0 Å². The second-order valence-corrected chi connectivity index (χ2v) is 17.5. The number of halogens is 1. The van der Waals surface area contributed by atoms with Gasteiger partial charge in [-0.05, 0) is 92.1 Å². The van der Waals surface area contributed by atoms with Gasteiger partial charge in [-0.1, -0.05) is 6.57 Å². The summed E-state index contributed by atoms with van der Waals surface area (Å²) < 4.78 is 16.3. The van der Waals surface area contributed by atoms with Crippen LogP contribution < -0.4 is 20.0 Å². The maximum absolute atomic E-state index is 16.3. The number of piperazine rings is 1. The Hall–Kier alpha value is -5.88. The van der Waals surface area contributed by atoms with Gasteiger partial charge in [-0.15, -0.1) is 4.98 Å². The first-order valence-corrected chi connectivity index (χ1v) is 21.2. The Balaban J connectivity index is 0.729. The van der Waals surface area contributed by atoms with Gasteiger partial charge in [-0.2, -0.15) is 0 Å². The molecule has 6 aliphatic heterocycles. The zero-order valence-electron chi connectivity index (χ0n) is 34.0. The highest BCUT2D eigenvalue weighted by atomic mass is 19.1. The number of nitrogens with one attached hydrogen (secondary N) is 1. The fourth-order valence-corrected chi connectivity index (χ4v) is 10.1. The third kappa shape index (κ3) is 7.46. The van der Waals surface area contributed by atoms with Crippen LogP contribution in [0.25, 0.3) is 4.85 Å². The number of fused-ring (bicyclic) bond motifs is 1. The summed E-state index contributed by atoms with van der Waals surface area (Å²) in [4.78, 5) is 83.9. The predicted molar refractivity (Wildman–Crippen MR) is 223 cm³/mol. The first kappa shape index (κ1) is 39.6. The lowest BCUT2D eigenvalue weighted by molar-refractivity contribution is -0.136. The minimum Gasteiger partial charge on any atom is -0.371 e. The Morgan fingerprint density at radius 3 is 2.12 bits per heavy atom. The van der Waals surface area contributed by atoms with Gasteiger partial charge in [0.1, 0.15) is 17.9 Å². The fraction of sp³-hybridized carbons (Fsp3) is 0.489. The van der Waals surface area contributed by atoms with E-state index >= 15 is 4.39 Å². The summed E-state index contributed by atoms with van der Waals surface area (Å²) in [5.41, 5.74) is 3.70. The minimum atomic E-state index is -1.35. The molecule has 15 heteroatoms. The summed E-state index contributed by atoms with van der Waals surface area (Å²) in [6.45, 7) is 16.8. The quantitative estimate of drug-likeness (QED) is 0.267. The number of nitrogens with zero attached hydrogens (tertiary/aromatic N) is 8. The van der Waals surface area contributed by atoms with E-state index in [4.69, 9.17) is 6.57 Å². The lowest BCUT2D eigenvalue weighted by atomic mass is 9.77. The number of rotatable bonds is 7. The number of carbonyl (C=O) groups excluding carboxylic acids is 5. The van der Waals surface area contributed by atoms with Crippen molar-refractivity contribution in [3.8, 4) is 0 Å². The summed E-state index contributed by atoms with van der Waals surface area (Å²) in [5.74, 6) is -1.62. The van der Waals surface area contributed by atoms with Crippen LogP contribution in [0.15, 0.2) is 54.7 Å². The number of aromatic nitrogens is 1. The summed E-state index contributed by atoms with van der Waals surface area (Å²) in [7, 11) is 0. The first-order chi connectivity index (χ1) is 28.9. The molecular weight excluding hydrogens is 766 g/mol. The molecule has 7 heterocycles. The van der Waals surface area contributed by atoms with E-state index in [1.165, 1.54) is 0 Å². The molecule has 14 nitrogen and oxygen atoms in total. The van der Waals surface area contributed by atoms with E-state index in [0.717, 1.165) is 99.1 Å². The minimum absolute atomic E-state index is 0.0606. The van der Waals surface area contributed by atoms with Crippen LogP contribution in [0.1, 0.15) is 81.6 Å². The van der Waals surface area contributed by atoms with Crippen LogP contribution in [0, 0.1) is 18.9 Å². The molecule has 6 aliphatic rings. The van der Waals surface area contributed by atoms with Crippen molar-refractivity contribution >= 4 is 52.4 Å². The zero-order chi connectivity index (χ0) is 41.8. The SMILES string of the molecule is [C-]#[N+]c1ncc(N2CCC3(CCN(C(=O)c4ccc(N5CCN(CC6(F)CCN(c7ccc8c(c7)C(=O)N(C7CCC(=O)NC7=O)C8=O)CC6)CC5)cc4)C3)CC2)cc1C. The Kier molecular flexibility index (Phi) is 10.3. The number of benzene rings is 2. The van der Waals surface area contributed by atoms with Gasteiger partial charge < -0.3 is 24.4 Å². The molecule has 3 aromatic rings. The van der Waals surface area contributed by atoms with Gasteiger partial charge in [0, 0.05) is 108 Å². The van der Waals surface area contributed by atoms with Gasteiger partial charge in [-0.3, -0.25) is 39.1 Å². The van der Waals surface area contributed by atoms with E-state index < -0.39 is 35.3 Å². The lowest BCUT2D eigenvalue weighted by Gasteiger charge is -2.43. The van der Waals surface area contributed by atoms with Crippen LogP contribution in [0.3, 0.4) is 0 Å². The molecule has 2 aromatic carbocycles. The molecule has 1 unspecified atom stereocenters. The van der Waals surface area contributed by atoms with Crippen molar-refractivity contribution in [3.05, 3.63) is 88.4 Å². The second kappa shape index (κ2) is 15.6. The van der Waals surface area contributed by atoms with Crippen molar-refractivity contribution in [3.63, 3.8) is 0 Å². The molecule has 5 amide bonds. The van der Waals surface area contributed by atoms with Crippen LogP contribution in [0.4, 0.5) is 27.3 Å². The molecule has 5 fully saturated rings. The third-order valence-corrected chi connectivity index (χ3v) is 13.9. The molecule has 0 saturated carbocycles. The van der Waals surface area contributed by atoms with Gasteiger partial charge in [0.25, 0.3) is 23.5 Å². The molecule has 1 N–H and O–H groups in total. The number of imide groups is 2. The zero-order valence-corrected chi connectivity index (χ0v) is 34.0. The normalized spacial score (nSPS) is 22.9. The molecule has 1 atom stereocenters. The van der Waals surface area contributed by atoms with E-state index in [9.17, 15) is 24.0 Å². The summed E-state index contributed by atoms with van der Waals surface area (Å²) in [5, 5.41) is 2.22. The topological polar surface area (TPSA) is 134 Å². The van der Waals surface area contributed by atoms with Crippen LogP contribution >= 0.6 is 0 Å². The maximum atomic E-state index is 16.3. The number of hydrogen-bond donors (Lipinski definition) is 1. The summed E-state index contributed by atoms with van der Waals surface area (Å²) >= 11 is 0. The number of anilines is 3. The maximum Gasteiger partial charge on any atom is 0.272 e. The highest BCUT2D eigenvalue weighted by Crippen LogP contribution is 2.42. The molecule has 1 aromatic heterocycles. The average molecular weight is 816 g/mol. The molecule has 9 rings (SSSR count). The van der Waals surface area contributed by atoms with E-state index in [-0.39, 0.29) is 35.3 Å². The number of amides is 5. The standard InChI is InChI=1S/C45H50FN9O5/c1-30-25-34(27-48-39(30)47-2)52-16-11-44(12-17-52)13-18-54(28-44)41(58)31-3-5-32(6-4-31)53-23-21-50(22-24-53)29-45(46)14-19-51(20-15-45)33-7-8-35-36(26-33)43(60)55(42(35)59)37-9-10-38(56)49-40(37)57/h3-8,25-27,37H,9-24,28-29H2,1H3,(H,49,56,57). The smallest absolute Gasteiger partial charge is 0.272 e. The Morgan fingerprint density at radius 2 is 1.43 bits per heavy atom. The number of hydrogen-bond acceptors (Lipinski definition) is 10. The van der Waals surface area contributed by atoms with Crippen molar-refractivity contribution < 1.29 is 28.4 Å². The predicted octanol–water partition coefficient (Wildman–Crippen LogP) is 4.61. The number of carbonyl (C=O) groups is 5. The van der Waals surface area contributed by atoms with Gasteiger partial charge in [0.15, 0.2) is 0 Å². The second-order valence-electron chi connectivity index (χ2n) is 17.5. The van der Waals surface area contributed by atoms with Crippen LogP contribution in [-0.2, 0) is 9.59 Å². The van der Waals surface area contributed by atoms with E-state index in [2.05, 4.69) is 35.9 Å². The molecular formula is C45H50FN9O5. The monoisotopic (exact) mass is 815 g/mol. The van der Waals surface area contributed by atoms with Crippen LogP contribution in [0.2, 0.25) is 0 Å². The van der Waals surface area contributed by atoms with Crippen molar-refractivity contribution in [1.82, 2.24) is 25.0 Å². The number of piperidine rings is 3. The number of alkyl halides is 1. The van der Waals surface area contributed by atoms with Crippen molar-refractivity contribution in [2.45, 2.75) is 63.6 Å². The van der Waals surface area contributed by atoms with Gasteiger partial charge in [0.2, 0.25) is 11.8 Å². The summed E-state index contributed by atoms with van der Waals surface area (Å²) in [6.07, 6.45) is 5.68. The van der Waals surface area contributed by atoms with Crippen LogP contribution in [0.5, 0.6) is 0 Å². The van der Waals surface area contributed by atoms with Gasteiger partial charge in [0.05, 0.1) is 16.8 Å². The lowest BCUT2D eigenvalue weighted by Crippen LogP contribution is -2.54. The van der Waals surface area contributed by atoms with E-state index in [0.29, 0.717) is 43.9 Å². The van der Waals surface area contributed by atoms with Gasteiger partial charge >= 0.3 is 0 Å². The average Bonchev–Trinajstić information content (AvgIpc) is 3.78.